The number of rotatable bonds is 3. The van der Waals surface area contributed by atoms with Gasteiger partial charge in [-0.1, -0.05) is 60.1 Å². The first-order valence-corrected chi connectivity index (χ1v) is 8.19. The average Bonchev–Trinajstić information content (AvgIpc) is 2.60. The van der Waals surface area contributed by atoms with Gasteiger partial charge >= 0.3 is 0 Å². The van der Waals surface area contributed by atoms with Crippen LogP contribution in [0.15, 0.2) is 78.9 Å². The number of aryl methyl sites for hydroxylation is 1. The van der Waals surface area contributed by atoms with Gasteiger partial charge in [0.05, 0.1) is 0 Å². The van der Waals surface area contributed by atoms with E-state index in [2.05, 4.69) is 0 Å². The monoisotopic (exact) mass is 344 g/mol. The standard InChI is InChI=1S/C13H11ClO.C7H7Cl/c1-10-9-12(7-8-13(10)14)15-11-5-3-2-4-6-11;8-6-7-4-2-1-3-5-7/h2-9H,1H3;1-5H,6H2. The molecule has 0 saturated heterocycles. The molecule has 0 N–H and O–H groups in total. The molecule has 3 aromatic rings. The van der Waals surface area contributed by atoms with Crippen molar-refractivity contribution in [2.75, 3.05) is 0 Å². The number of alkyl halides is 1. The van der Waals surface area contributed by atoms with E-state index in [1.54, 1.807) is 0 Å². The summed E-state index contributed by atoms with van der Waals surface area (Å²) in [6, 6.07) is 25.3. The summed E-state index contributed by atoms with van der Waals surface area (Å²) in [4.78, 5) is 0. The number of ether oxygens (including phenoxy) is 1. The van der Waals surface area contributed by atoms with E-state index in [-0.39, 0.29) is 0 Å². The first-order valence-electron chi connectivity index (χ1n) is 7.28. The third-order valence-electron chi connectivity index (χ3n) is 3.11. The van der Waals surface area contributed by atoms with Crippen molar-refractivity contribution in [2.24, 2.45) is 0 Å². The van der Waals surface area contributed by atoms with Crippen molar-refractivity contribution < 1.29 is 4.74 Å². The predicted molar refractivity (Wildman–Crippen MR) is 98.7 cm³/mol. The Morgan fingerprint density at radius 2 is 1.39 bits per heavy atom. The molecule has 0 saturated carbocycles. The summed E-state index contributed by atoms with van der Waals surface area (Å²) in [6.45, 7) is 1.96. The number of hydrogen-bond donors (Lipinski definition) is 0. The van der Waals surface area contributed by atoms with Crippen molar-refractivity contribution in [1.29, 1.82) is 0 Å². The maximum absolute atomic E-state index is 5.93. The Morgan fingerprint density at radius 3 is 1.91 bits per heavy atom. The van der Waals surface area contributed by atoms with E-state index in [1.165, 1.54) is 5.56 Å². The van der Waals surface area contributed by atoms with Gasteiger partial charge in [0.15, 0.2) is 0 Å². The zero-order chi connectivity index (χ0) is 16.5. The maximum Gasteiger partial charge on any atom is 0.127 e. The summed E-state index contributed by atoms with van der Waals surface area (Å²) in [5.74, 6) is 2.25. The van der Waals surface area contributed by atoms with Crippen LogP contribution in [0.25, 0.3) is 0 Å². The van der Waals surface area contributed by atoms with E-state index in [4.69, 9.17) is 27.9 Å². The second-order valence-electron chi connectivity index (χ2n) is 4.95. The molecule has 3 aromatic carbocycles. The van der Waals surface area contributed by atoms with Crippen LogP contribution in [0.3, 0.4) is 0 Å². The SMILES string of the molecule is Cc1cc(Oc2ccccc2)ccc1Cl.ClCc1ccccc1. The van der Waals surface area contributed by atoms with E-state index >= 15 is 0 Å². The van der Waals surface area contributed by atoms with Gasteiger partial charge in [0, 0.05) is 10.9 Å². The molecule has 0 aliphatic heterocycles. The zero-order valence-corrected chi connectivity index (χ0v) is 14.4. The average molecular weight is 345 g/mol. The lowest BCUT2D eigenvalue weighted by Gasteiger charge is -2.06. The van der Waals surface area contributed by atoms with Crippen LogP contribution in [0, 0.1) is 6.92 Å². The van der Waals surface area contributed by atoms with Gasteiger partial charge in [-0.25, -0.2) is 0 Å². The van der Waals surface area contributed by atoms with Crippen LogP contribution in [0.4, 0.5) is 0 Å². The molecule has 0 unspecified atom stereocenters. The first-order chi connectivity index (χ1) is 11.2. The third-order valence-corrected chi connectivity index (χ3v) is 3.84. The number of benzene rings is 3. The van der Waals surface area contributed by atoms with Gasteiger partial charge in [-0.15, -0.1) is 11.6 Å². The van der Waals surface area contributed by atoms with E-state index in [0.29, 0.717) is 5.88 Å². The number of hydrogen-bond acceptors (Lipinski definition) is 1. The van der Waals surface area contributed by atoms with Crippen molar-refractivity contribution in [3.05, 3.63) is 95.0 Å². The van der Waals surface area contributed by atoms with E-state index in [1.807, 2.05) is 85.8 Å². The smallest absolute Gasteiger partial charge is 0.127 e. The Bertz CT molecular complexity index is 712. The summed E-state index contributed by atoms with van der Waals surface area (Å²) < 4.78 is 5.66. The Hall–Kier alpha value is -1.96. The van der Waals surface area contributed by atoms with Gasteiger partial charge in [0.25, 0.3) is 0 Å². The molecular formula is C20H18Cl2O. The Labute approximate surface area is 147 Å². The normalized spacial score (nSPS) is 9.70. The fourth-order valence-electron chi connectivity index (χ4n) is 1.87. The minimum Gasteiger partial charge on any atom is -0.457 e. The zero-order valence-electron chi connectivity index (χ0n) is 12.9. The van der Waals surface area contributed by atoms with Crippen LogP contribution in [0.2, 0.25) is 5.02 Å². The fourth-order valence-corrected chi connectivity index (χ4v) is 2.17. The molecule has 0 fully saturated rings. The lowest BCUT2D eigenvalue weighted by atomic mass is 10.2. The summed E-state index contributed by atoms with van der Waals surface area (Å²) >= 11 is 11.5. The molecule has 0 aliphatic carbocycles. The molecule has 0 aliphatic rings. The van der Waals surface area contributed by atoms with E-state index < -0.39 is 0 Å². The van der Waals surface area contributed by atoms with Crippen LogP contribution < -0.4 is 4.74 Å². The highest BCUT2D eigenvalue weighted by molar-refractivity contribution is 6.31. The lowest BCUT2D eigenvalue weighted by Crippen LogP contribution is -1.84. The fraction of sp³-hybridized carbons (Fsp3) is 0.100. The summed E-state index contributed by atoms with van der Waals surface area (Å²) in [7, 11) is 0. The largest absolute Gasteiger partial charge is 0.457 e. The first kappa shape index (κ1) is 17.4. The predicted octanol–water partition coefficient (Wildman–Crippen LogP) is 6.87. The van der Waals surface area contributed by atoms with Crippen LogP contribution in [-0.4, -0.2) is 0 Å². The van der Waals surface area contributed by atoms with Gasteiger partial charge < -0.3 is 4.74 Å². The molecule has 0 atom stereocenters. The van der Waals surface area contributed by atoms with E-state index in [0.717, 1.165) is 22.1 Å². The number of halogens is 2. The number of para-hydroxylation sites is 1. The minimum atomic E-state index is 0.612. The molecule has 118 valence electrons. The van der Waals surface area contributed by atoms with Crippen LogP contribution in [-0.2, 0) is 5.88 Å². The molecule has 0 radical (unpaired) electrons. The van der Waals surface area contributed by atoms with Gasteiger partial charge in [-0.2, -0.15) is 0 Å². The Balaban J connectivity index is 0.000000203. The molecule has 0 bridgehead atoms. The quantitative estimate of drug-likeness (QED) is 0.471. The van der Waals surface area contributed by atoms with Crippen molar-refractivity contribution >= 4 is 23.2 Å². The van der Waals surface area contributed by atoms with Crippen molar-refractivity contribution in [3.8, 4) is 11.5 Å². The van der Waals surface area contributed by atoms with Gasteiger partial charge in [0.2, 0.25) is 0 Å². The second kappa shape index (κ2) is 9.24. The lowest BCUT2D eigenvalue weighted by molar-refractivity contribution is 0.482. The Morgan fingerprint density at radius 1 is 0.783 bits per heavy atom. The molecule has 23 heavy (non-hydrogen) atoms. The highest BCUT2D eigenvalue weighted by atomic mass is 35.5. The topological polar surface area (TPSA) is 9.23 Å². The molecule has 3 rings (SSSR count). The molecular weight excluding hydrogens is 327 g/mol. The highest BCUT2D eigenvalue weighted by Gasteiger charge is 1.99. The van der Waals surface area contributed by atoms with Gasteiger partial charge in [-0.3, -0.25) is 0 Å². The molecule has 1 nitrogen and oxygen atoms in total. The molecule has 0 aromatic heterocycles. The van der Waals surface area contributed by atoms with Gasteiger partial charge in [-0.05, 0) is 48.4 Å². The summed E-state index contributed by atoms with van der Waals surface area (Å²) in [5.41, 5.74) is 2.19. The molecule has 3 heteroatoms. The van der Waals surface area contributed by atoms with Crippen molar-refractivity contribution in [3.63, 3.8) is 0 Å². The van der Waals surface area contributed by atoms with Crippen LogP contribution in [0.1, 0.15) is 11.1 Å². The summed E-state index contributed by atoms with van der Waals surface area (Å²) in [5, 5.41) is 0.760. The molecule has 0 spiro atoms. The van der Waals surface area contributed by atoms with Gasteiger partial charge in [0.1, 0.15) is 11.5 Å². The maximum atomic E-state index is 5.93. The van der Waals surface area contributed by atoms with Crippen molar-refractivity contribution in [1.82, 2.24) is 0 Å². The third kappa shape index (κ3) is 5.97. The Kier molecular flexibility index (Phi) is 6.99. The van der Waals surface area contributed by atoms with Crippen LogP contribution >= 0.6 is 23.2 Å². The van der Waals surface area contributed by atoms with Crippen molar-refractivity contribution in [2.45, 2.75) is 12.8 Å². The second-order valence-corrected chi connectivity index (χ2v) is 5.62. The molecule has 0 heterocycles. The highest BCUT2D eigenvalue weighted by Crippen LogP contribution is 2.25. The molecule has 0 amide bonds. The van der Waals surface area contributed by atoms with E-state index in [9.17, 15) is 0 Å². The minimum absolute atomic E-state index is 0.612. The van der Waals surface area contributed by atoms with Crippen LogP contribution in [0.5, 0.6) is 11.5 Å². The summed E-state index contributed by atoms with van der Waals surface area (Å²) in [6.07, 6.45) is 0.